The third-order valence-electron chi connectivity index (χ3n) is 4.54. The van der Waals surface area contributed by atoms with Crippen LogP contribution in [0.5, 0.6) is 0 Å². The number of fused-ring (bicyclic) bond motifs is 3. The predicted octanol–water partition coefficient (Wildman–Crippen LogP) is 5.77. The van der Waals surface area contributed by atoms with Crippen LogP contribution in [0, 0.1) is 0 Å². The zero-order valence-electron chi connectivity index (χ0n) is 14.1. The van der Waals surface area contributed by atoms with E-state index in [4.69, 9.17) is 4.74 Å². The maximum atomic E-state index is 11.9. The average Bonchev–Trinajstić information content (AvgIpc) is 2.63. The molecular weight excluding hydrogens is 308 g/mol. The SMILES string of the molecule is C=C(C)C(=O)OCc1c2ccccc2cc2cc3ccccc3cc12. The second-order valence-corrected chi connectivity index (χ2v) is 6.35. The Hall–Kier alpha value is -3.13. The number of rotatable bonds is 3. The molecule has 0 saturated carbocycles. The van der Waals surface area contributed by atoms with Gasteiger partial charge in [-0.25, -0.2) is 4.79 Å². The molecule has 0 fully saturated rings. The normalized spacial score (nSPS) is 11.1. The van der Waals surface area contributed by atoms with Gasteiger partial charge in [-0.3, -0.25) is 0 Å². The molecule has 2 heteroatoms. The van der Waals surface area contributed by atoms with Crippen molar-refractivity contribution in [2.45, 2.75) is 13.5 Å². The highest BCUT2D eigenvalue weighted by Crippen LogP contribution is 2.32. The van der Waals surface area contributed by atoms with E-state index in [-0.39, 0.29) is 12.6 Å². The third-order valence-corrected chi connectivity index (χ3v) is 4.54. The molecule has 4 rings (SSSR count). The number of benzene rings is 4. The van der Waals surface area contributed by atoms with Crippen molar-refractivity contribution in [1.29, 1.82) is 0 Å². The van der Waals surface area contributed by atoms with Gasteiger partial charge in [0.05, 0.1) is 0 Å². The van der Waals surface area contributed by atoms with Gasteiger partial charge in [-0.1, -0.05) is 55.1 Å². The molecule has 0 amide bonds. The van der Waals surface area contributed by atoms with Gasteiger partial charge in [0.25, 0.3) is 0 Å². The second-order valence-electron chi connectivity index (χ2n) is 6.35. The summed E-state index contributed by atoms with van der Waals surface area (Å²) < 4.78 is 5.48. The number of carbonyl (C=O) groups excluding carboxylic acids is 1. The lowest BCUT2D eigenvalue weighted by Crippen LogP contribution is -2.05. The molecule has 0 N–H and O–H groups in total. The molecule has 0 atom stereocenters. The molecule has 0 aliphatic carbocycles. The van der Waals surface area contributed by atoms with Crippen LogP contribution < -0.4 is 0 Å². The van der Waals surface area contributed by atoms with Crippen molar-refractivity contribution < 1.29 is 9.53 Å². The zero-order chi connectivity index (χ0) is 17.4. The van der Waals surface area contributed by atoms with E-state index in [0.29, 0.717) is 5.57 Å². The van der Waals surface area contributed by atoms with Crippen molar-refractivity contribution in [3.63, 3.8) is 0 Å². The lowest BCUT2D eigenvalue weighted by molar-refractivity contribution is -0.140. The highest BCUT2D eigenvalue weighted by Gasteiger charge is 2.11. The van der Waals surface area contributed by atoms with Crippen LogP contribution in [0.4, 0.5) is 0 Å². The fourth-order valence-corrected chi connectivity index (χ4v) is 3.27. The molecular formula is C23H18O2. The summed E-state index contributed by atoms with van der Waals surface area (Å²) >= 11 is 0. The smallest absolute Gasteiger partial charge is 0.333 e. The summed E-state index contributed by atoms with van der Waals surface area (Å²) in [4.78, 5) is 11.9. The lowest BCUT2D eigenvalue weighted by Gasteiger charge is -2.13. The quantitative estimate of drug-likeness (QED) is 0.271. The molecule has 0 aliphatic rings. The molecule has 2 nitrogen and oxygen atoms in total. The number of carbonyl (C=O) groups is 1. The van der Waals surface area contributed by atoms with Crippen LogP contribution in [0.15, 0.2) is 78.9 Å². The van der Waals surface area contributed by atoms with E-state index in [2.05, 4.69) is 49.0 Å². The zero-order valence-corrected chi connectivity index (χ0v) is 14.1. The molecule has 0 saturated heterocycles. The van der Waals surface area contributed by atoms with Gasteiger partial charge in [0, 0.05) is 11.1 Å². The van der Waals surface area contributed by atoms with Crippen LogP contribution in [0.25, 0.3) is 32.3 Å². The van der Waals surface area contributed by atoms with E-state index < -0.39 is 0 Å². The van der Waals surface area contributed by atoms with E-state index in [0.717, 1.165) is 27.1 Å². The lowest BCUT2D eigenvalue weighted by atomic mass is 9.95. The summed E-state index contributed by atoms with van der Waals surface area (Å²) in [6, 6.07) is 23.1. The van der Waals surface area contributed by atoms with Crippen molar-refractivity contribution >= 4 is 38.3 Å². The second kappa shape index (κ2) is 6.06. The summed E-state index contributed by atoms with van der Waals surface area (Å²) in [5.74, 6) is -0.359. The summed E-state index contributed by atoms with van der Waals surface area (Å²) in [5, 5.41) is 6.91. The average molecular weight is 326 g/mol. The Balaban J connectivity index is 1.98. The van der Waals surface area contributed by atoms with Crippen molar-refractivity contribution in [3.05, 3.63) is 84.4 Å². The maximum Gasteiger partial charge on any atom is 0.333 e. The summed E-state index contributed by atoms with van der Waals surface area (Å²) in [6.45, 7) is 5.56. The number of hydrogen-bond acceptors (Lipinski definition) is 2. The van der Waals surface area contributed by atoms with Gasteiger partial charge in [0.15, 0.2) is 0 Å². The molecule has 25 heavy (non-hydrogen) atoms. The minimum atomic E-state index is -0.359. The Morgan fingerprint density at radius 3 is 2.16 bits per heavy atom. The Bertz CT molecular complexity index is 1130. The highest BCUT2D eigenvalue weighted by atomic mass is 16.5. The molecule has 0 spiro atoms. The summed E-state index contributed by atoms with van der Waals surface area (Å²) in [6.07, 6.45) is 0. The molecule has 4 aromatic rings. The fourth-order valence-electron chi connectivity index (χ4n) is 3.27. The number of ether oxygens (including phenoxy) is 1. The topological polar surface area (TPSA) is 26.3 Å². The van der Waals surface area contributed by atoms with E-state index in [1.807, 2.05) is 24.3 Å². The standard InChI is InChI=1S/C23H18O2/c1-15(2)23(24)25-14-22-20-10-6-5-9-18(20)12-19-11-16-7-3-4-8-17(16)13-21(19)22/h3-13H,1,14H2,2H3. The fraction of sp³-hybridized carbons (Fsp3) is 0.0870. The summed E-state index contributed by atoms with van der Waals surface area (Å²) in [5.41, 5.74) is 1.45. The van der Waals surface area contributed by atoms with E-state index in [9.17, 15) is 4.79 Å². The Morgan fingerprint density at radius 2 is 1.44 bits per heavy atom. The third kappa shape index (κ3) is 2.76. The van der Waals surface area contributed by atoms with Gasteiger partial charge in [0.1, 0.15) is 6.61 Å². The summed E-state index contributed by atoms with van der Waals surface area (Å²) in [7, 11) is 0. The largest absolute Gasteiger partial charge is 0.457 e. The van der Waals surface area contributed by atoms with Crippen molar-refractivity contribution in [3.8, 4) is 0 Å². The van der Waals surface area contributed by atoms with Crippen molar-refractivity contribution in [1.82, 2.24) is 0 Å². The van der Waals surface area contributed by atoms with Gasteiger partial charge in [-0.05, 0) is 57.4 Å². The first-order chi connectivity index (χ1) is 12.1. The molecule has 0 aromatic heterocycles. The van der Waals surface area contributed by atoms with Crippen molar-refractivity contribution in [2.24, 2.45) is 0 Å². The van der Waals surface area contributed by atoms with Gasteiger partial charge in [-0.15, -0.1) is 0 Å². The molecule has 0 radical (unpaired) electrons. The molecule has 4 aromatic carbocycles. The molecule has 0 unspecified atom stereocenters. The van der Waals surface area contributed by atoms with Gasteiger partial charge in [-0.2, -0.15) is 0 Å². The minimum absolute atomic E-state index is 0.238. The Labute approximate surface area is 146 Å². The molecule has 0 bridgehead atoms. The Morgan fingerprint density at radius 1 is 0.840 bits per heavy atom. The van der Waals surface area contributed by atoms with E-state index in [1.165, 1.54) is 10.8 Å². The van der Waals surface area contributed by atoms with Crippen LogP contribution in [0.1, 0.15) is 12.5 Å². The minimum Gasteiger partial charge on any atom is -0.457 e. The van der Waals surface area contributed by atoms with E-state index in [1.54, 1.807) is 6.92 Å². The number of hydrogen-bond donors (Lipinski definition) is 0. The number of esters is 1. The van der Waals surface area contributed by atoms with Gasteiger partial charge < -0.3 is 4.74 Å². The maximum absolute atomic E-state index is 11.9. The monoisotopic (exact) mass is 326 g/mol. The predicted molar refractivity (Wildman–Crippen MR) is 104 cm³/mol. The first kappa shape index (κ1) is 15.4. The van der Waals surface area contributed by atoms with Crippen LogP contribution >= 0.6 is 0 Å². The van der Waals surface area contributed by atoms with Crippen molar-refractivity contribution in [2.75, 3.05) is 0 Å². The Kier molecular flexibility index (Phi) is 3.73. The first-order valence-electron chi connectivity index (χ1n) is 8.29. The van der Waals surface area contributed by atoms with Gasteiger partial charge in [0.2, 0.25) is 0 Å². The van der Waals surface area contributed by atoms with Crippen LogP contribution in [0.3, 0.4) is 0 Å². The van der Waals surface area contributed by atoms with Crippen LogP contribution in [-0.2, 0) is 16.1 Å². The van der Waals surface area contributed by atoms with Crippen LogP contribution in [-0.4, -0.2) is 5.97 Å². The molecule has 122 valence electrons. The highest BCUT2D eigenvalue weighted by molar-refractivity contribution is 6.07. The molecule has 0 heterocycles. The molecule has 0 aliphatic heterocycles. The van der Waals surface area contributed by atoms with E-state index >= 15 is 0 Å². The first-order valence-corrected chi connectivity index (χ1v) is 8.29. The van der Waals surface area contributed by atoms with Crippen LogP contribution in [0.2, 0.25) is 0 Å². The van der Waals surface area contributed by atoms with Gasteiger partial charge >= 0.3 is 5.97 Å².